The summed E-state index contributed by atoms with van der Waals surface area (Å²) in [7, 11) is 0. The number of imidazole rings is 1. The lowest BCUT2D eigenvalue weighted by Gasteiger charge is -2.10. The molecule has 0 saturated heterocycles. The molecule has 128 valence electrons. The molecule has 0 fully saturated rings. The van der Waals surface area contributed by atoms with Gasteiger partial charge in [0.15, 0.2) is 0 Å². The Kier molecular flexibility index (Phi) is 4.42. The van der Waals surface area contributed by atoms with Crippen LogP contribution in [0.25, 0.3) is 10.8 Å². The second-order valence-corrected chi connectivity index (χ2v) is 6.41. The first kappa shape index (κ1) is 16.4. The summed E-state index contributed by atoms with van der Waals surface area (Å²) in [6.45, 7) is 0. The Morgan fingerprint density at radius 1 is 1.04 bits per heavy atom. The van der Waals surface area contributed by atoms with Crippen molar-refractivity contribution in [3.8, 4) is 0 Å². The highest BCUT2D eigenvalue weighted by Gasteiger charge is 2.13. The molecule has 4 aromatic rings. The Balaban J connectivity index is 1.61. The molecule has 0 aliphatic carbocycles. The molecule has 3 aromatic carbocycles. The standard InChI is InChI=1S/C21H16ClN3O/c22-17-8-4-9-18(14-17)24-21(26)25-12-11-23-20(25)13-16-7-3-6-15-5-1-2-10-19(15)16/h1-12,14H,13H2,(H,24,26). The number of rotatable bonds is 3. The van der Waals surface area contributed by atoms with E-state index in [1.165, 1.54) is 15.3 Å². The van der Waals surface area contributed by atoms with Crippen molar-refractivity contribution in [3.63, 3.8) is 0 Å². The van der Waals surface area contributed by atoms with Crippen LogP contribution >= 0.6 is 11.6 Å². The zero-order valence-corrected chi connectivity index (χ0v) is 14.6. The highest BCUT2D eigenvalue weighted by molar-refractivity contribution is 6.30. The van der Waals surface area contributed by atoms with E-state index < -0.39 is 0 Å². The molecule has 0 unspecified atom stereocenters. The van der Waals surface area contributed by atoms with E-state index in [-0.39, 0.29) is 6.03 Å². The third-order valence-corrected chi connectivity index (χ3v) is 4.48. The number of aromatic nitrogens is 2. The Morgan fingerprint density at radius 3 is 2.73 bits per heavy atom. The van der Waals surface area contributed by atoms with Gasteiger partial charge in [-0.15, -0.1) is 0 Å². The number of nitrogens with zero attached hydrogens (tertiary/aromatic N) is 2. The van der Waals surface area contributed by atoms with E-state index in [4.69, 9.17) is 11.6 Å². The predicted octanol–water partition coefficient (Wildman–Crippen LogP) is 5.36. The van der Waals surface area contributed by atoms with E-state index in [1.807, 2.05) is 18.2 Å². The van der Waals surface area contributed by atoms with Crippen molar-refractivity contribution in [3.05, 3.63) is 95.5 Å². The van der Waals surface area contributed by atoms with Gasteiger partial charge in [0, 0.05) is 29.5 Å². The summed E-state index contributed by atoms with van der Waals surface area (Å²) < 4.78 is 1.53. The SMILES string of the molecule is O=C(Nc1cccc(Cl)c1)n1ccnc1Cc1cccc2ccccc12. The van der Waals surface area contributed by atoms with E-state index >= 15 is 0 Å². The van der Waals surface area contributed by atoms with Crippen molar-refractivity contribution in [1.82, 2.24) is 9.55 Å². The number of carbonyl (C=O) groups is 1. The fraction of sp³-hybridized carbons (Fsp3) is 0.0476. The van der Waals surface area contributed by atoms with Crippen LogP contribution in [0.15, 0.2) is 79.1 Å². The molecule has 0 bridgehead atoms. The molecule has 26 heavy (non-hydrogen) atoms. The minimum Gasteiger partial charge on any atom is -0.307 e. The quantitative estimate of drug-likeness (QED) is 0.534. The van der Waals surface area contributed by atoms with Crippen molar-refractivity contribution >= 4 is 34.1 Å². The van der Waals surface area contributed by atoms with E-state index in [9.17, 15) is 4.79 Å². The number of fused-ring (bicyclic) bond motifs is 1. The van der Waals surface area contributed by atoms with Crippen LogP contribution in [0.4, 0.5) is 10.5 Å². The summed E-state index contributed by atoms with van der Waals surface area (Å²) in [6.07, 6.45) is 3.87. The predicted molar refractivity (Wildman–Crippen MR) is 105 cm³/mol. The number of benzene rings is 3. The number of halogens is 1. The van der Waals surface area contributed by atoms with Crippen molar-refractivity contribution in [2.24, 2.45) is 0 Å². The van der Waals surface area contributed by atoms with Crippen LogP contribution in [0.5, 0.6) is 0 Å². The zero-order valence-electron chi connectivity index (χ0n) is 13.9. The van der Waals surface area contributed by atoms with Gasteiger partial charge in [0.05, 0.1) is 0 Å². The van der Waals surface area contributed by atoms with Gasteiger partial charge in [-0.1, -0.05) is 60.1 Å². The lowest BCUT2D eigenvalue weighted by atomic mass is 10.0. The molecule has 1 heterocycles. The first-order valence-corrected chi connectivity index (χ1v) is 8.64. The second-order valence-electron chi connectivity index (χ2n) is 5.97. The second kappa shape index (κ2) is 7.02. The average molecular weight is 362 g/mol. The van der Waals surface area contributed by atoms with Crippen LogP contribution in [-0.2, 0) is 6.42 Å². The highest BCUT2D eigenvalue weighted by atomic mass is 35.5. The number of hydrogen-bond donors (Lipinski definition) is 1. The Bertz CT molecular complexity index is 1080. The van der Waals surface area contributed by atoms with Crippen LogP contribution < -0.4 is 5.32 Å². The zero-order chi connectivity index (χ0) is 17.9. The minimum atomic E-state index is -0.264. The first-order valence-electron chi connectivity index (χ1n) is 8.26. The molecule has 4 nitrogen and oxygen atoms in total. The summed E-state index contributed by atoms with van der Waals surface area (Å²) in [5.41, 5.74) is 1.78. The number of anilines is 1. The lowest BCUT2D eigenvalue weighted by Crippen LogP contribution is -2.21. The van der Waals surface area contributed by atoms with Gasteiger partial charge in [0.2, 0.25) is 0 Å². The smallest absolute Gasteiger partial charge is 0.307 e. The van der Waals surface area contributed by atoms with Crippen molar-refractivity contribution in [1.29, 1.82) is 0 Å². The van der Waals surface area contributed by atoms with Gasteiger partial charge in [-0.3, -0.25) is 4.57 Å². The number of hydrogen-bond acceptors (Lipinski definition) is 2. The van der Waals surface area contributed by atoms with Gasteiger partial charge in [-0.05, 0) is 34.5 Å². The fourth-order valence-electron chi connectivity index (χ4n) is 3.02. The van der Waals surface area contributed by atoms with E-state index in [1.54, 1.807) is 36.7 Å². The fourth-order valence-corrected chi connectivity index (χ4v) is 3.21. The van der Waals surface area contributed by atoms with E-state index in [2.05, 4.69) is 34.6 Å². The number of nitrogens with one attached hydrogen (secondary N) is 1. The maximum atomic E-state index is 12.6. The molecule has 5 heteroatoms. The highest BCUT2D eigenvalue weighted by Crippen LogP contribution is 2.21. The molecular formula is C21H16ClN3O. The van der Waals surface area contributed by atoms with Gasteiger partial charge in [-0.25, -0.2) is 9.78 Å². The summed E-state index contributed by atoms with van der Waals surface area (Å²) in [5, 5.41) is 5.76. The molecule has 1 aromatic heterocycles. The molecule has 1 N–H and O–H groups in total. The van der Waals surface area contributed by atoms with Crippen LogP contribution in [0.2, 0.25) is 5.02 Å². The topological polar surface area (TPSA) is 46.9 Å². The Hall–Kier alpha value is -3.11. The summed E-state index contributed by atoms with van der Waals surface area (Å²) in [4.78, 5) is 17.0. The first-order chi connectivity index (χ1) is 12.7. The van der Waals surface area contributed by atoms with Crippen molar-refractivity contribution in [2.45, 2.75) is 6.42 Å². The molecular weight excluding hydrogens is 346 g/mol. The lowest BCUT2D eigenvalue weighted by molar-refractivity contribution is 0.253. The molecule has 0 atom stereocenters. The molecule has 0 aliphatic heterocycles. The minimum absolute atomic E-state index is 0.264. The largest absolute Gasteiger partial charge is 0.331 e. The van der Waals surface area contributed by atoms with Gasteiger partial charge < -0.3 is 5.32 Å². The van der Waals surface area contributed by atoms with Crippen LogP contribution in [0.1, 0.15) is 11.4 Å². The molecule has 0 radical (unpaired) electrons. The van der Waals surface area contributed by atoms with Gasteiger partial charge >= 0.3 is 6.03 Å². The molecule has 1 amide bonds. The van der Waals surface area contributed by atoms with Crippen LogP contribution in [0, 0.1) is 0 Å². The van der Waals surface area contributed by atoms with E-state index in [0.717, 1.165) is 5.56 Å². The Labute approximate surface area is 156 Å². The van der Waals surface area contributed by atoms with Crippen molar-refractivity contribution < 1.29 is 4.79 Å². The van der Waals surface area contributed by atoms with Gasteiger partial charge in [0.1, 0.15) is 5.82 Å². The average Bonchev–Trinajstić information content (AvgIpc) is 3.10. The van der Waals surface area contributed by atoms with E-state index in [0.29, 0.717) is 23.0 Å². The van der Waals surface area contributed by atoms with Gasteiger partial charge in [0.25, 0.3) is 0 Å². The maximum Gasteiger partial charge on any atom is 0.331 e. The monoisotopic (exact) mass is 361 g/mol. The Morgan fingerprint density at radius 2 is 1.85 bits per heavy atom. The number of carbonyl (C=O) groups excluding carboxylic acids is 1. The van der Waals surface area contributed by atoms with Crippen LogP contribution in [-0.4, -0.2) is 15.6 Å². The van der Waals surface area contributed by atoms with Crippen LogP contribution in [0.3, 0.4) is 0 Å². The normalized spacial score (nSPS) is 10.8. The number of amides is 1. The third kappa shape index (κ3) is 3.32. The molecule has 0 saturated carbocycles. The third-order valence-electron chi connectivity index (χ3n) is 4.24. The van der Waals surface area contributed by atoms with Crippen molar-refractivity contribution in [2.75, 3.05) is 5.32 Å². The summed E-state index contributed by atoms with van der Waals surface area (Å²) in [5.74, 6) is 0.681. The molecule has 4 rings (SSSR count). The maximum absolute atomic E-state index is 12.6. The summed E-state index contributed by atoms with van der Waals surface area (Å²) in [6, 6.07) is 21.2. The summed E-state index contributed by atoms with van der Waals surface area (Å²) >= 11 is 5.98. The van der Waals surface area contributed by atoms with Gasteiger partial charge in [-0.2, -0.15) is 0 Å². The molecule has 0 aliphatic rings. The molecule has 0 spiro atoms.